The van der Waals surface area contributed by atoms with Crippen LogP contribution in [0.4, 0.5) is 10.5 Å². The molecule has 0 fully saturated rings. The van der Waals surface area contributed by atoms with E-state index in [1.54, 1.807) is 7.11 Å². The Balaban J connectivity index is 1.68. The smallest absolute Gasteiger partial charge is 0.319 e. The zero-order valence-electron chi connectivity index (χ0n) is 13.8. The van der Waals surface area contributed by atoms with Crippen LogP contribution >= 0.6 is 0 Å². The number of hydrogen-bond donors (Lipinski definition) is 3. The van der Waals surface area contributed by atoms with Gasteiger partial charge in [-0.25, -0.2) is 4.79 Å². The molecule has 5 nitrogen and oxygen atoms in total. The summed E-state index contributed by atoms with van der Waals surface area (Å²) in [7, 11) is 1.65. The molecule has 3 N–H and O–H groups in total. The van der Waals surface area contributed by atoms with Crippen molar-refractivity contribution in [3.63, 3.8) is 0 Å². The van der Waals surface area contributed by atoms with Gasteiger partial charge in [-0.2, -0.15) is 0 Å². The average molecular weight is 326 g/mol. The number of methoxy groups -OCH3 is 1. The first kappa shape index (κ1) is 16.5. The van der Waals surface area contributed by atoms with E-state index in [1.807, 2.05) is 55.5 Å². The summed E-state index contributed by atoms with van der Waals surface area (Å²) in [4.78, 5) is 12.3. The Labute approximate surface area is 141 Å². The molecule has 1 aliphatic carbocycles. The number of carbonyl (C=O) groups is 1. The minimum Gasteiger partial charge on any atom is -0.390 e. The molecule has 0 saturated carbocycles. The zero-order chi connectivity index (χ0) is 17.1. The second-order valence-corrected chi connectivity index (χ2v) is 6.05. The van der Waals surface area contributed by atoms with Crippen molar-refractivity contribution in [2.45, 2.75) is 31.6 Å². The van der Waals surface area contributed by atoms with Crippen molar-refractivity contribution in [3.05, 3.63) is 65.2 Å². The fourth-order valence-corrected chi connectivity index (χ4v) is 3.06. The van der Waals surface area contributed by atoms with Gasteiger partial charge in [0, 0.05) is 19.2 Å². The van der Waals surface area contributed by atoms with Crippen LogP contribution < -0.4 is 10.6 Å². The van der Waals surface area contributed by atoms with E-state index in [2.05, 4.69) is 10.6 Å². The lowest BCUT2D eigenvalue weighted by Gasteiger charge is -2.19. The summed E-state index contributed by atoms with van der Waals surface area (Å²) >= 11 is 0. The van der Waals surface area contributed by atoms with Crippen LogP contribution in [-0.2, 0) is 11.2 Å². The summed E-state index contributed by atoms with van der Waals surface area (Å²) in [6.45, 7) is 1.95. The van der Waals surface area contributed by atoms with Crippen LogP contribution in [-0.4, -0.2) is 24.4 Å². The summed E-state index contributed by atoms with van der Waals surface area (Å²) in [5, 5.41) is 15.9. The van der Waals surface area contributed by atoms with Crippen molar-refractivity contribution in [1.82, 2.24) is 5.32 Å². The monoisotopic (exact) mass is 326 g/mol. The number of fused-ring (bicyclic) bond motifs is 1. The van der Waals surface area contributed by atoms with Crippen molar-refractivity contribution < 1.29 is 14.6 Å². The van der Waals surface area contributed by atoms with Crippen molar-refractivity contribution in [2.24, 2.45) is 0 Å². The lowest BCUT2D eigenvalue weighted by Crippen LogP contribution is -2.36. The number of anilines is 1. The van der Waals surface area contributed by atoms with Crippen molar-refractivity contribution >= 4 is 11.7 Å². The van der Waals surface area contributed by atoms with E-state index in [4.69, 9.17) is 4.74 Å². The van der Waals surface area contributed by atoms with E-state index >= 15 is 0 Å². The molecule has 2 amide bonds. The third-order valence-electron chi connectivity index (χ3n) is 4.46. The fraction of sp³-hybridized carbons (Fsp3) is 0.316. The molecule has 0 bridgehead atoms. The van der Waals surface area contributed by atoms with E-state index in [1.165, 1.54) is 0 Å². The Morgan fingerprint density at radius 3 is 2.83 bits per heavy atom. The molecule has 2 aromatic carbocycles. The van der Waals surface area contributed by atoms with Crippen LogP contribution in [0.3, 0.4) is 0 Å². The molecule has 0 aliphatic heterocycles. The van der Waals surface area contributed by atoms with Crippen LogP contribution in [0.25, 0.3) is 0 Å². The lowest BCUT2D eigenvalue weighted by atomic mass is 10.1. The Bertz CT molecular complexity index is 732. The highest BCUT2D eigenvalue weighted by Crippen LogP contribution is 2.31. The standard InChI is InChI=1S/C19H22N2O3/c1-12(24-2)13-7-5-8-15(10-13)20-19(23)21-18-16-9-4-3-6-14(16)11-17(18)22/h3-10,12,17-18,22H,11H2,1-2H3,(H2,20,21,23)/t12?,17-,18+/m0/s1. The second-order valence-electron chi connectivity index (χ2n) is 6.05. The quantitative estimate of drug-likeness (QED) is 0.808. The van der Waals surface area contributed by atoms with Crippen molar-refractivity contribution in [2.75, 3.05) is 12.4 Å². The minimum atomic E-state index is -0.604. The SMILES string of the molecule is COC(C)c1cccc(NC(=O)N[C@@H]2c3ccccc3C[C@@H]2O)c1. The molecule has 3 rings (SSSR count). The van der Waals surface area contributed by atoms with Crippen LogP contribution in [0.15, 0.2) is 48.5 Å². The van der Waals surface area contributed by atoms with Gasteiger partial charge in [-0.1, -0.05) is 36.4 Å². The van der Waals surface area contributed by atoms with Crippen LogP contribution in [0.2, 0.25) is 0 Å². The second kappa shape index (κ2) is 7.03. The molecule has 24 heavy (non-hydrogen) atoms. The summed E-state index contributed by atoms with van der Waals surface area (Å²) in [6.07, 6.45) is -0.0894. The molecule has 1 unspecified atom stereocenters. The van der Waals surface area contributed by atoms with Crippen LogP contribution in [0, 0.1) is 0 Å². The largest absolute Gasteiger partial charge is 0.390 e. The molecule has 0 radical (unpaired) electrons. The normalized spacial score (nSPS) is 20.3. The summed E-state index contributed by atoms with van der Waals surface area (Å²) < 4.78 is 5.30. The van der Waals surface area contributed by atoms with Gasteiger partial charge in [0.2, 0.25) is 0 Å². The first-order chi connectivity index (χ1) is 11.6. The van der Waals surface area contributed by atoms with Gasteiger partial charge in [0.1, 0.15) is 0 Å². The van der Waals surface area contributed by atoms with Gasteiger partial charge in [-0.3, -0.25) is 0 Å². The third kappa shape index (κ3) is 3.42. The Kier molecular flexibility index (Phi) is 4.83. The molecule has 0 saturated heterocycles. The molecule has 0 aromatic heterocycles. The van der Waals surface area contributed by atoms with E-state index < -0.39 is 6.10 Å². The fourth-order valence-electron chi connectivity index (χ4n) is 3.06. The number of rotatable bonds is 4. The Hall–Kier alpha value is -2.37. The Morgan fingerprint density at radius 1 is 1.25 bits per heavy atom. The number of aliphatic hydroxyl groups excluding tert-OH is 1. The molecule has 2 aromatic rings. The van der Waals surface area contributed by atoms with Gasteiger partial charge >= 0.3 is 6.03 Å². The van der Waals surface area contributed by atoms with Gasteiger partial charge in [0.05, 0.1) is 18.2 Å². The summed E-state index contributed by atoms with van der Waals surface area (Å²) in [5.74, 6) is 0. The molecule has 126 valence electrons. The van der Waals surface area contributed by atoms with Gasteiger partial charge in [0.15, 0.2) is 0 Å². The molecular weight excluding hydrogens is 304 g/mol. The first-order valence-electron chi connectivity index (χ1n) is 8.04. The van der Waals surface area contributed by atoms with Gasteiger partial charge in [-0.05, 0) is 35.7 Å². The van der Waals surface area contributed by atoms with Crippen molar-refractivity contribution in [1.29, 1.82) is 0 Å². The number of hydrogen-bond acceptors (Lipinski definition) is 3. The molecule has 1 aliphatic rings. The molecule has 5 heteroatoms. The highest BCUT2D eigenvalue weighted by Gasteiger charge is 2.31. The minimum absolute atomic E-state index is 0.0432. The molecule has 0 heterocycles. The van der Waals surface area contributed by atoms with E-state index in [9.17, 15) is 9.90 Å². The number of aliphatic hydroxyl groups is 1. The van der Waals surface area contributed by atoms with Gasteiger partial charge in [-0.15, -0.1) is 0 Å². The summed E-state index contributed by atoms with van der Waals surface area (Å²) in [5.41, 5.74) is 3.73. The van der Waals surface area contributed by atoms with Crippen LogP contribution in [0.1, 0.15) is 35.8 Å². The number of benzene rings is 2. The van der Waals surface area contributed by atoms with Gasteiger partial charge < -0.3 is 20.5 Å². The molecule has 3 atom stereocenters. The number of ether oxygens (including phenoxy) is 1. The van der Waals surface area contributed by atoms with E-state index in [0.717, 1.165) is 16.7 Å². The highest BCUT2D eigenvalue weighted by molar-refractivity contribution is 5.89. The predicted molar refractivity (Wildman–Crippen MR) is 92.9 cm³/mol. The number of carbonyl (C=O) groups excluding carboxylic acids is 1. The van der Waals surface area contributed by atoms with Crippen molar-refractivity contribution in [3.8, 4) is 0 Å². The average Bonchev–Trinajstić information content (AvgIpc) is 2.90. The summed E-state index contributed by atoms with van der Waals surface area (Å²) in [6, 6.07) is 14.6. The number of urea groups is 1. The Morgan fingerprint density at radius 2 is 2.04 bits per heavy atom. The predicted octanol–water partition coefficient (Wildman–Crippen LogP) is 3.17. The number of amides is 2. The maximum absolute atomic E-state index is 12.3. The topological polar surface area (TPSA) is 70.6 Å². The first-order valence-corrected chi connectivity index (χ1v) is 8.04. The molecule has 0 spiro atoms. The highest BCUT2D eigenvalue weighted by atomic mass is 16.5. The van der Waals surface area contributed by atoms with E-state index in [-0.39, 0.29) is 18.2 Å². The maximum Gasteiger partial charge on any atom is 0.319 e. The van der Waals surface area contributed by atoms with E-state index in [0.29, 0.717) is 12.1 Å². The third-order valence-corrected chi connectivity index (χ3v) is 4.46. The molecular formula is C19H22N2O3. The lowest BCUT2D eigenvalue weighted by molar-refractivity contribution is 0.119. The maximum atomic E-state index is 12.3. The van der Waals surface area contributed by atoms with Crippen LogP contribution in [0.5, 0.6) is 0 Å². The zero-order valence-corrected chi connectivity index (χ0v) is 13.8. The number of nitrogens with one attached hydrogen (secondary N) is 2. The van der Waals surface area contributed by atoms with Gasteiger partial charge in [0.25, 0.3) is 0 Å².